The SMILES string of the molecule is CCCCCCOc1nsnc1C1=CCC[N+](C)(COC(=O)c2ccc3ccccc3c2)C1. The molecule has 0 radical (unpaired) electrons. The van der Waals surface area contributed by atoms with Gasteiger partial charge in [0.2, 0.25) is 6.73 Å². The zero-order chi connectivity index (χ0) is 23.1. The van der Waals surface area contributed by atoms with Crippen LogP contribution in [-0.4, -0.2) is 52.7 Å². The number of carbonyl (C=O) groups is 1. The number of rotatable bonds is 10. The van der Waals surface area contributed by atoms with E-state index in [4.69, 9.17) is 9.47 Å². The summed E-state index contributed by atoms with van der Waals surface area (Å²) in [5.74, 6) is 0.340. The third kappa shape index (κ3) is 5.97. The zero-order valence-corrected chi connectivity index (χ0v) is 20.3. The number of unbranched alkanes of at least 4 members (excludes halogenated alkanes) is 3. The molecule has 1 unspecified atom stereocenters. The molecule has 7 heteroatoms. The molecule has 33 heavy (non-hydrogen) atoms. The minimum atomic E-state index is -0.289. The molecule has 0 saturated heterocycles. The first-order chi connectivity index (χ1) is 16.1. The van der Waals surface area contributed by atoms with Gasteiger partial charge in [-0.05, 0) is 29.3 Å². The molecule has 3 aromatic rings. The Kier molecular flexibility index (Phi) is 7.73. The van der Waals surface area contributed by atoms with Crippen molar-refractivity contribution >= 4 is 34.0 Å². The van der Waals surface area contributed by atoms with E-state index in [1.807, 2.05) is 42.5 Å². The van der Waals surface area contributed by atoms with Gasteiger partial charge in [0.05, 0.1) is 37.5 Å². The molecule has 6 nitrogen and oxygen atoms in total. The summed E-state index contributed by atoms with van der Waals surface area (Å²) in [5, 5.41) is 2.15. The summed E-state index contributed by atoms with van der Waals surface area (Å²) in [5.41, 5.74) is 2.53. The van der Waals surface area contributed by atoms with E-state index in [0.29, 0.717) is 29.3 Å². The third-order valence-electron chi connectivity index (χ3n) is 6.10. The van der Waals surface area contributed by atoms with Crippen LogP contribution in [0, 0.1) is 0 Å². The maximum absolute atomic E-state index is 12.7. The van der Waals surface area contributed by atoms with Crippen LogP contribution in [0.1, 0.15) is 55.1 Å². The highest BCUT2D eigenvalue weighted by Gasteiger charge is 2.31. The smallest absolute Gasteiger partial charge is 0.342 e. The normalized spacial score (nSPS) is 18.2. The van der Waals surface area contributed by atoms with Crippen molar-refractivity contribution in [3.05, 3.63) is 59.8 Å². The second-order valence-electron chi connectivity index (χ2n) is 8.97. The van der Waals surface area contributed by atoms with E-state index in [2.05, 4.69) is 28.8 Å². The number of ether oxygens (including phenoxy) is 2. The maximum atomic E-state index is 12.7. The van der Waals surface area contributed by atoms with Crippen LogP contribution in [0.4, 0.5) is 0 Å². The van der Waals surface area contributed by atoms with Gasteiger partial charge in [-0.25, -0.2) is 4.79 Å². The van der Waals surface area contributed by atoms with Gasteiger partial charge in [-0.3, -0.25) is 4.48 Å². The van der Waals surface area contributed by atoms with Crippen molar-refractivity contribution in [2.45, 2.75) is 39.0 Å². The Morgan fingerprint density at radius 3 is 2.79 bits per heavy atom. The quantitative estimate of drug-likeness (QED) is 0.218. The Morgan fingerprint density at radius 1 is 1.09 bits per heavy atom. The molecule has 1 aromatic heterocycles. The fourth-order valence-electron chi connectivity index (χ4n) is 4.17. The molecule has 174 valence electrons. The van der Waals surface area contributed by atoms with Gasteiger partial charge >= 0.3 is 5.97 Å². The molecule has 0 fully saturated rings. The van der Waals surface area contributed by atoms with E-state index in [1.165, 1.54) is 31.0 Å². The number of hydrogen-bond acceptors (Lipinski definition) is 6. The Hall–Kier alpha value is -2.77. The number of benzene rings is 2. The van der Waals surface area contributed by atoms with Gasteiger partial charge in [-0.2, -0.15) is 4.37 Å². The topological polar surface area (TPSA) is 61.3 Å². The van der Waals surface area contributed by atoms with Crippen LogP contribution in [-0.2, 0) is 4.74 Å². The van der Waals surface area contributed by atoms with Crippen molar-refractivity contribution in [3.8, 4) is 5.88 Å². The first-order valence-corrected chi connectivity index (χ1v) is 12.5. The molecule has 0 spiro atoms. The minimum absolute atomic E-state index is 0.289. The van der Waals surface area contributed by atoms with Gasteiger partial charge in [0, 0.05) is 12.0 Å². The van der Waals surface area contributed by atoms with Crippen LogP contribution < -0.4 is 4.74 Å². The summed E-state index contributed by atoms with van der Waals surface area (Å²) in [6.45, 7) is 4.81. The van der Waals surface area contributed by atoms with Gasteiger partial charge in [-0.1, -0.05) is 62.6 Å². The van der Waals surface area contributed by atoms with Crippen LogP contribution in [0.15, 0.2) is 48.5 Å². The van der Waals surface area contributed by atoms with E-state index in [0.717, 1.165) is 48.0 Å². The lowest BCUT2D eigenvalue weighted by Gasteiger charge is -2.36. The van der Waals surface area contributed by atoms with Crippen molar-refractivity contribution in [2.75, 3.05) is 33.5 Å². The monoisotopic (exact) mass is 466 g/mol. The fraction of sp³-hybridized carbons (Fsp3) is 0.423. The summed E-state index contributed by atoms with van der Waals surface area (Å²) in [4.78, 5) is 12.7. The lowest BCUT2D eigenvalue weighted by Crippen LogP contribution is -2.49. The summed E-state index contributed by atoms with van der Waals surface area (Å²) in [6.07, 6.45) is 7.74. The highest BCUT2D eigenvalue weighted by molar-refractivity contribution is 6.99. The molecule has 0 amide bonds. The van der Waals surface area contributed by atoms with E-state index < -0.39 is 0 Å². The molecule has 0 saturated carbocycles. The van der Waals surface area contributed by atoms with Gasteiger partial charge in [0.15, 0.2) is 0 Å². The number of esters is 1. The molecule has 1 aliphatic heterocycles. The fourth-order valence-corrected chi connectivity index (χ4v) is 4.70. The second-order valence-corrected chi connectivity index (χ2v) is 9.50. The van der Waals surface area contributed by atoms with E-state index in [1.54, 1.807) is 0 Å². The van der Waals surface area contributed by atoms with Crippen molar-refractivity contribution in [1.29, 1.82) is 0 Å². The molecule has 2 aromatic carbocycles. The average molecular weight is 467 g/mol. The first kappa shape index (κ1) is 23.4. The molecular weight excluding hydrogens is 434 g/mol. The van der Waals surface area contributed by atoms with E-state index in [9.17, 15) is 4.79 Å². The Balaban J connectivity index is 1.36. The number of aromatic nitrogens is 2. The van der Waals surface area contributed by atoms with Crippen molar-refractivity contribution in [1.82, 2.24) is 8.75 Å². The second kappa shape index (κ2) is 10.9. The number of quaternary nitrogens is 1. The standard InChI is InChI=1S/C26H32N3O3S/c1-3-4-5-8-16-31-25-24(27-33-28-25)23-12-9-15-29(2,18-23)19-32-26(30)22-14-13-20-10-6-7-11-21(20)17-22/h6-7,10-14,17H,3-5,8-9,15-16,18-19H2,1-2H3/q+1. The van der Waals surface area contributed by atoms with Crippen LogP contribution in [0.25, 0.3) is 16.3 Å². The van der Waals surface area contributed by atoms with E-state index in [-0.39, 0.29) is 5.97 Å². The number of fused-ring (bicyclic) bond motifs is 1. The summed E-state index contributed by atoms with van der Waals surface area (Å²) >= 11 is 1.19. The van der Waals surface area contributed by atoms with Crippen LogP contribution >= 0.6 is 11.7 Å². The lowest BCUT2D eigenvalue weighted by atomic mass is 10.1. The van der Waals surface area contributed by atoms with Gasteiger partial charge < -0.3 is 9.47 Å². The summed E-state index contributed by atoms with van der Waals surface area (Å²) in [6, 6.07) is 13.7. The third-order valence-corrected chi connectivity index (χ3v) is 6.62. The highest BCUT2D eigenvalue weighted by Crippen LogP contribution is 2.30. The minimum Gasteiger partial charge on any atom is -0.475 e. The molecule has 0 bridgehead atoms. The van der Waals surface area contributed by atoms with Crippen LogP contribution in [0.3, 0.4) is 0 Å². The predicted molar refractivity (Wildman–Crippen MR) is 132 cm³/mol. The summed E-state index contributed by atoms with van der Waals surface area (Å²) in [7, 11) is 2.12. The Morgan fingerprint density at radius 2 is 1.94 bits per heavy atom. The molecule has 1 aliphatic rings. The van der Waals surface area contributed by atoms with Crippen molar-refractivity contribution < 1.29 is 18.8 Å². The van der Waals surface area contributed by atoms with Crippen LogP contribution in [0.5, 0.6) is 5.88 Å². The molecule has 0 aliphatic carbocycles. The average Bonchev–Trinajstić information content (AvgIpc) is 3.31. The largest absolute Gasteiger partial charge is 0.475 e. The predicted octanol–water partition coefficient (Wildman–Crippen LogP) is 5.70. The van der Waals surface area contributed by atoms with Crippen molar-refractivity contribution in [3.63, 3.8) is 0 Å². The summed E-state index contributed by atoms with van der Waals surface area (Å²) < 4.78 is 21.2. The number of nitrogens with zero attached hydrogens (tertiary/aromatic N) is 3. The first-order valence-electron chi connectivity index (χ1n) is 11.7. The van der Waals surface area contributed by atoms with Crippen molar-refractivity contribution in [2.24, 2.45) is 0 Å². The molecule has 0 N–H and O–H groups in total. The molecule has 1 atom stereocenters. The van der Waals surface area contributed by atoms with Crippen LogP contribution in [0.2, 0.25) is 0 Å². The lowest BCUT2D eigenvalue weighted by molar-refractivity contribution is -0.919. The molecular formula is C26H32N3O3S+. The maximum Gasteiger partial charge on any atom is 0.342 e. The Labute approximate surface area is 199 Å². The number of carbonyl (C=O) groups excluding carboxylic acids is 1. The van der Waals surface area contributed by atoms with E-state index >= 15 is 0 Å². The van der Waals surface area contributed by atoms with Gasteiger partial charge in [0.25, 0.3) is 5.88 Å². The number of likely N-dealkylation sites (N-methyl/N-ethyl adjacent to an activating group) is 1. The molecule has 2 heterocycles. The highest BCUT2D eigenvalue weighted by atomic mass is 32.1. The Bertz CT molecular complexity index is 1130. The van der Waals surface area contributed by atoms with Gasteiger partial charge in [0.1, 0.15) is 12.2 Å². The van der Waals surface area contributed by atoms with Gasteiger partial charge in [-0.15, -0.1) is 4.37 Å². The number of hydrogen-bond donors (Lipinski definition) is 0. The molecule has 4 rings (SSSR count). The zero-order valence-electron chi connectivity index (χ0n) is 19.5.